The van der Waals surface area contributed by atoms with Gasteiger partial charge in [0.25, 0.3) is 0 Å². The van der Waals surface area contributed by atoms with Crippen LogP contribution in [0.5, 0.6) is 0 Å². The Bertz CT molecular complexity index is 239. The Hall–Kier alpha value is 0.500. The molecule has 0 aromatic carbocycles. The Kier molecular flexibility index (Phi) is 18.7. The Morgan fingerprint density at radius 1 is 0.792 bits per heavy atom. The molecule has 0 saturated carbocycles. The van der Waals surface area contributed by atoms with Gasteiger partial charge in [0.05, 0.1) is 0 Å². The fourth-order valence-corrected chi connectivity index (χ4v) is 3.96. The van der Waals surface area contributed by atoms with Crippen LogP contribution in [-0.4, -0.2) is 110 Å². The first-order chi connectivity index (χ1) is 11.8. The molecule has 0 aliphatic carbocycles. The molecule has 1 aliphatic rings. The number of piperazine rings is 1. The molecule has 146 valence electrons. The van der Waals surface area contributed by atoms with E-state index in [0.717, 1.165) is 24.6 Å². The van der Waals surface area contributed by atoms with Gasteiger partial charge in [-0.05, 0) is 7.05 Å². The summed E-state index contributed by atoms with van der Waals surface area (Å²) in [6.45, 7) is 15.2. The maximum absolute atomic E-state index is 5.57. The van der Waals surface area contributed by atoms with Crippen molar-refractivity contribution in [1.82, 2.24) is 14.7 Å². The largest absolute Gasteiger partial charge is 0.330 e. The molecule has 0 amide bonds. The second-order valence-electron chi connectivity index (χ2n) is 5.79. The van der Waals surface area contributed by atoms with Gasteiger partial charge >= 0.3 is 0 Å². The second-order valence-corrected chi connectivity index (χ2v) is 8.24. The summed E-state index contributed by atoms with van der Waals surface area (Å²) >= 11 is 3.95. The minimum absolute atomic E-state index is 0.790. The molecule has 0 atom stereocenters. The highest BCUT2D eigenvalue weighted by molar-refractivity contribution is 7.99. The highest BCUT2D eigenvalue weighted by atomic mass is 32.2. The van der Waals surface area contributed by atoms with E-state index in [1.807, 2.05) is 37.4 Å². The Morgan fingerprint density at radius 3 is 1.75 bits per heavy atom. The summed E-state index contributed by atoms with van der Waals surface area (Å²) < 4.78 is 0. The van der Waals surface area contributed by atoms with Crippen molar-refractivity contribution in [2.24, 2.45) is 11.5 Å². The van der Waals surface area contributed by atoms with Gasteiger partial charge in [-0.1, -0.05) is 13.8 Å². The van der Waals surface area contributed by atoms with Gasteiger partial charge in [-0.2, -0.15) is 23.5 Å². The summed E-state index contributed by atoms with van der Waals surface area (Å²) in [7, 11) is 2.22. The highest BCUT2D eigenvalue weighted by Crippen LogP contribution is 2.05. The SMILES string of the molecule is CC.CN1CCN(CCN(CCSCCN)CCSCCN)CC1. The molecular formula is C17H41N5S2. The molecule has 0 unspecified atom stereocenters. The van der Waals surface area contributed by atoms with Crippen LogP contribution in [0, 0.1) is 0 Å². The van der Waals surface area contributed by atoms with Gasteiger partial charge in [-0.3, -0.25) is 4.90 Å². The molecule has 0 spiro atoms. The standard InChI is InChI=1S/C15H35N5S2.C2H6/c1-18-4-6-19(7-5-18)8-9-20(10-14-21-12-2-16)11-15-22-13-3-17;1-2/h2-17H2,1H3;1-2H3. The van der Waals surface area contributed by atoms with Gasteiger partial charge in [-0.25, -0.2) is 0 Å². The Balaban J connectivity index is 0.00000254. The van der Waals surface area contributed by atoms with Crippen molar-refractivity contribution in [2.45, 2.75) is 13.8 Å². The first-order valence-electron chi connectivity index (χ1n) is 9.45. The Labute approximate surface area is 159 Å². The first kappa shape index (κ1) is 24.5. The lowest BCUT2D eigenvalue weighted by Gasteiger charge is -2.34. The number of rotatable bonds is 13. The zero-order valence-corrected chi connectivity index (χ0v) is 17.8. The van der Waals surface area contributed by atoms with Crippen molar-refractivity contribution < 1.29 is 0 Å². The molecule has 1 saturated heterocycles. The highest BCUT2D eigenvalue weighted by Gasteiger charge is 2.14. The van der Waals surface area contributed by atoms with Crippen LogP contribution in [0.15, 0.2) is 0 Å². The first-order valence-corrected chi connectivity index (χ1v) is 11.8. The lowest BCUT2D eigenvalue weighted by atomic mass is 10.3. The average molecular weight is 380 g/mol. The summed E-state index contributed by atoms with van der Waals surface area (Å²) in [5.41, 5.74) is 11.1. The zero-order valence-electron chi connectivity index (χ0n) is 16.2. The van der Waals surface area contributed by atoms with E-state index >= 15 is 0 Å². The van der Waals surface area contributed by atoms with Crippen molar-refractivity contribution in [3.8, 4) is 0 Å². The molecule has 24 heavy (non-hydrogen) atoms. The molecule has 4 N–H and O–H groups in total. The third kappa shape index (κ3) is 13.8. The summed E-state index contributed by atoms with van der Waals surface area (Å²) in [4.78, 5) is 7.64. The average Bonchev–Trinajstić information content (AvgIpc) is 2.62. The fraction of sp³-hybridized carbons (Fsp3) is 1.00. The van der Waals surface area contributed by atoms with E-state index < -0.39 is 0 Å². The van der Waals surface area contributed by atoms with E-state index in [2.05, 4.69) is 21.7 Å². The topological polar surface area (TPSA) is 61.8 Å². The number of nitrogens with zero attached hydrogens (tertiary/aromatic N) is 3. The lowest BCUT2D eigenvalue weighted by molar-refractivity contribution is 0.138. The predicted octanol–water partition coefficient (Wildman–Crippen LogP) is 0.946. The third-order valence-electron chi connectivity index (χ3n) is 3.96. The number of hydrogen-bond donors (Lipinski definition) is 2. The van der Waals surface area contributed by atoms with Gasteiger partial charge in [0, 0.05) is 88.5 Å². The third-order valence-corrected chi connectivity index (χ3v) is 5.95. The zero-order chi connectivity index (χ0) is 18.0. The van der Waals surface area contributed by atoms with Crippen LogP contribution < -0.4 is 11.5 Å². The van der Waals surface area contributed by atoms with E-state index in [1.165, 1.54) is 63.9 Å². The quantitative estimate of drug-likeness (QED) is 0.462. The molecule has 0 aromatic rings. The molecular weight excluding hydrogens is 338 g/mol. The lowest BCUT2D eigenvalue weighted by Crippen LogP contribution is -2.47. The van der Waals surface area contributed by atoms with Gasteiger partial charge < -0.3 is 21.3 Å². The second kappa shape index (κ2) is 18.3. The van der Waals surface area contributed by atoms with Crippen LogP contribution in [0.25, 0.3) is 0 Å². The number of thioether (sulfide) groups is 2. The molecule has 0 bridgehead atoms. The van der Waals surface area contributed by atoms with E-state index in [4.69, 9.17) is 11.5 Å². The molecule has 1 heterocycles. The van der Waals surface area contributed by atoms with Crippen LogP contribution in [0.3, 0.4) is 0 Å². The van der Waals surface area contributed by atoms with Crippen LogP contribution in [-0.2, 0) is 0 Å². The molecule has 0 radical (unpaired) electrons. The maximum Gasteiger partial charge on any atom is 0.0110 e. The minimum atomic E-state index is 0.790. The summed E-state index contributed by atoms with van der Waals surface area (Å²) in [6.07, 6.45) is 0. The Morgan fingerprint density at radius 2 is 1.29 bits per heavy atom. The van der Waals surface area contributed by atoms with Crippen LogP contribution >= 0.6 is 23.5 Å². The van der Waals surface area contributed by atoms with Gasteiger partial charge in [0.15, 0.2) is 0 Å². The van der Waals surface area contributed by atoms with Crippen LogP contribution in [0.1, 0.15) is 13.8 Å². The van der Waals surface area contributed by atoms with Crippen molar-refractivity contribution in [3.63, 3.8) is 0 Å². The number of likely N-dealkylation sites (N-methyl/N-ethyl adjacent to an activating group) is 1. The summed E-state index contributed by atoms with van der Waals surface area (Å²) in [5.74, 6) is 4.55. The van der Waals surface area contributed by atoms with Gasteiger partial charge in [0.2, 0.25) is 0 Å². The number of nitrogens with two attached hydrogens (primary N) is 2. The van der Waals surface area contributed by atoms with E-state index in [-0.39, 0.29) is 0 Å². The van der Waals surface area contributed by atoms with Crippen molar-refractivity contribution in [2.75, 3.05) is 95.5 Å². The molecule has 1 aliphatic heterocycles. The van der Waals surface area contributed by atoms with Crippen LogP contribution in [0.2, 0.25) is 0 Å². The van der Waals surface area contributed by atoms with Crippen molar-refractivity contribution in [3.05, 3.63) is 0 Å². The monoisotopic (exact) mass is 379 g/mol. The molecule has 7 heteroatoms. The van der Waals surface area contributed by atoms with Crippen molar-refractivity contribution in [1.29, 1.82) is 0 Å². The molecule has 1 rings (SSSR count). The normalized spacial score (nSPS) is 16.2. The van der Waals surface area contributed by atoms with E-state index in [9.17, 15) is 0 Å². The summed E-state index contributed by atoms with van der Waals surface area (Å²) in [5, 5.41) is 0. The maximum atomic E-state index is 5.57. The molecule has 5 nitrogen and oxygen atoms in total. The molecule has 1 fully saturated rings. The fourth-order valence-electron chi connectivity index (χ4n) is 2.45. The minimum Gasteiger partial charge on any atom is -0.330 e. The van der Waals surface area contributed by atoms with Gasteiger partial charge in [0.1, 0.15) is 0 Å². The summed E-state index contributed by atoms with van der Waals surface area (Å²) in [6, 6.07) is 0. The van der Waals surface area contributed by atoms with E-state index in [0.29, 0.717) is 0 Å². The van der Waals surface area contributed by atoms with Gasteiger partial charge in [-0.15, -0.1) is 0 Å². The van der Waals surface area contributed by atoms with E-state index in [1.54, 1.807) is 0 Å². The smallest absolute Gasteiger partial charge is 0.0110 e. The molecule has 0 aromatic heterocycles. The van der Waals surface area contributed by atoms with Crippen molar-refractivity contribution >= 4 is 23.5 Å². The number of hydrogen-bond acceptors (Lipinski definition) is 7. The predicted molar refractivity (Wildman–Crippen MR) is 114 cm³/mol. The van der Waals surface area contributed by atoms with Crippen LogP contribution in [0.4, 0.5) is 0 Å².